The van der Waals surface area contributed by atoms with E-state index in [-0.39, 0.29) is 0 Å². The number of rotatable bonds is 6. The SMILES string of the molecule is c1ccc(-c2ccc(N(c3ccc(-c4ccccc4)cc3)c3cc4sc5ccccc5c4cc3-c3cccc4c3OCC4)cc2)cc1. The first-order valence-corrected chi connectivity index (χ1v) is 16.9. The molecule has 0 saturated carbocycles. The van der Waals surface area contributed by atoms with Crippen molar-refractivity contribution < 1.29 is 4.74 Å². The quantitative estimate of drug-likeness (QED) is 0.183. The van der Waals surface area contributed by atoms with Crippen LogP contribution in [0.5, 0.6) is 5.75 Å². The minimum atomic E-state index is 0.719. The standard InChI is InChI=1S/C44H31NOS/c1-3-10-30(11-4-1)32-18-22-35(23-19-32)45(36-24-20-33(21-25-36)31-12-5-2-6-13-31)41-29-43-40(37-15-7-8-17-42(37)47-43)28-39(41)38-16-9-14-34-26-27-46-44(34)38/h1-25,28-29H,26-27H2. The van der Waals surface area contributed by atoms with Gasteiger partial charge in [0.1, 0.15) is 5.75 Å². The third-order valence-electron chi connectivity index (χ3n) is 9.21. The van der Waals surface area contributed by atoms with Gasteiger partial charge in [-0.2, -0.15) is 0 Å². The third kappa shape index (κ3) is 4.97. The minimum absolute atomic E-state index is 0.719. The number of fused-ring (bicyclic) bond motifs is 4. The summed E-state index contributed by atoms with van der Waals surface area (Å²) in [6.07, 6.45) is 0.938. The normalized spacial score (nSPS) is 12.3. The lowest BCUT2D eigenvalue weighted by Gasteiger charge is -2.29. The summed E-state index contributed by atoms with van der Waals surface area (Å²) >= 11 is 1.85. The fraction of sp³-hybridized carbons (Fsp3) is 0.0455. The van der Waals surface area contributed by atoms with Crippen LogP contribution in [0, 0.1) is 0 Å². The number of para-hydroxylation sites is 1. The predicted molar refractivity (Wildman–Crippen MR) is 200 cm³/mol. The maximum Gasteiger partial charge on any atom is 0.130 e. The number of hydrogen-bond donors (Lipinski definition) is 0. The molecule has 1 aromatic heterocycles. The van der Waals surface area contributed by atoms with Crippen molar-refractivity contribution in [3.63, 3.8) is 0 Å². The van der Waals surface area contributed by atoms with Gasteiger partial charge in [-0.3, -0.25) is 0 Å². The second-order valence-corrected chi connectivity index (χ2v) is 13.1. The van der Waals surface area contributed by atoms with Gasteiger partial charge < -0.3 is 9.64 Å². The molecule has 0 saturated heterocycles. The summed E-state index contributed by atoms with van der Waals surface area (Å²) in [5.74, 6) is 1.01. The number of thiophene rings is 1. The smallest absolute Gasteiger partial charge is 0.130 e. The molecule has 1 aliphatic heterocycles. The Labute approximate surface area is 278 Å². The Morgan fingerprint density at radius 1 is 0.468 bits per heavy atom. The molecule has 2 nitrogen and oxygen atoms in total. The van der Waals surface area contributed by atoms with E-state index in [0.717, 1.165) is 41.4 Å². The molecule has 0 N–H and O–H groups in total. The van der Waals surface area contributed by atoms with Gasteiger partial charge in [0, 0.05) is 49.1 Å². The molecule has 0 aliphatic carbocycles. The van der Waals surface area contributed by atoms with E-state index in [0.29, 0.717) is 0 Å². The van der Waals surface area contributed by atoms with E-state index in [1.165, 1.54) is 53.6 Å². The molecule has 8 aromatic rings. The largest absolute Gasteiger partial charge is 0.492 e. The molecule has 0 fully saturated rings. The Kier molecular flexibility index (Phi) is 6.84. The van der Waals surface area contributed by atoms with Gasteiger partial charge in [0.25, 0.3) is 0 Å². The number of ether oxygens (including phenoxy) is 1. The molecule has 0 radical (unpaired) electrons. The zero-order chi connectivity index (χ0) is 31.2. The summed E-state index contributed by atoms with van der Waals surface area (Å²) in [4.78, 5) is 2.41. The number of nitrogens with zero attached hydrogens (tertiary/aromatic N) is 1. The summed E-state index contributed by atoms with van der Waals surface area (Å²) in [6.45, 7) is 0.719. The van der Waals surface area contributed by atoms with E-state index in [4.69, 9.17) is 4.74 Å². The van der Waals surface area contributed by atoms with Crippen LogP contribution in [-0.4, -0.2) is 6.61 Å². The van der Waals surface area contributed by atoms with Crippen molar-refractivity contribution in [2.24, 2.45) is 0 Å². The van der Waals surface area contributed by atoms with Crippen molar-refractivity contribution >= 4 is 48.6 Å². The number of benzene rings is 7. The monoisotopic (exact) mass is 621 g/mol. The van der Waals surface area contributed by atoms with E-state index >= 15 is 0 Å². The van der Waals surface area contributed by atoms with Gasteiger partial charge in [-0.25, -0.2) is 0 Å². The average molecular weight is 622 g/mol. The summed E-state index contributed by atoms with van der Waals surface area (Å²) in [6, 6.07) is 59.2. The highest BCUT2D eigenvalue weighted by atomic mass is 32.1. The molecule has 7 aromatic carbocycles. The second kappa shape index (κ2) is 11.6. The summed E-state index contributed by atoms with van der Waals surface area (Å²) < 4.78 is 8.89. The summed E-state index contributed by atoms with van der Waals surface area (Å²) in [5.41, 5.74) is 11.7. The lowest BCUT2D eigenvalue weighted by molar-refractivity contribution is 0.358. The topological polar surface area (TPSA) is 12.5 Å². The zero-order valence-corrected chi connectivity index (χ0v) is 26.6. The number of hydrogen-bond acceptors (Lipinski definition) is 3. The maximum absolute atomic E-state index is 6.32. The van der Waals surface area contributed by atoms with E-state index < -0.39 is 0 Å². The molecule has 9 rings (SSSR count). The zero-order valence-electron chi connectivity index (χ0n) is 25.8. The highest BCUT2D eigenvalue weighted by Gasteiger charge is 2.24. The van der Waals surface area contributed by atoms with E-state index in [1.807, 2.05) is 11.3 Å². The molecule has 224 valence electrons. The van der Waals surface area contributed by atoms with Gasteiger partial charge in [-0.05, 0) is 70.3 Å². The van der Waals surface area contributed by atoms with Crippen molar-refractivity contribution in [2.75, 3.05) is 11.5 Å². The Morgan fingerprint density at radius 2 is 1.06 bits per heavy atom. The van der Waals surface area contributed by atoms with Gasteiger partial charge in [0.2, 0.25) is 0 Å². The molecule has 0 atom stereocenters. The minimum Gasteiger partial charge on any atom is -0.492 e. The molecule has 47 heavy (non-hydrogen) atoms. The van der Waals surface area contributed by atoms with Crippen molar-refractivity contribution in [2.45, 2.75) is 6.42 Å². The van der Waals surface area contributed by atoms with Gasteiger partial charge in [-0.1, -0.05) is 121 Å². The van der Waals surface area contributed by atoms with Crippen molar-refractivity contribution in [1.29, 1.82) is 0 Å². The van der Waals surface area contributed by atoms with Crippen molar-refractivity contribution in [1.82, 2.24) is 0 Å². The molecule has 0 amide bonds. The van der Waals surface area contributed by atoms with E-state index in [2.05, 4.69) is 169 Å². The Bertz CT molecular complexity index is 2280. The molecular weight excluding hydrogens is 591 g/mol. The first-order chi connectivity index (χ1) is 23.3. The fourth-order valence-electron chi connectivity index (χ4n) is 6.88. The molecule has 2 heterocycles. The second-order valence-electron chi connectivity index (χ2n) is 12.0. The van der Waals surface area contributed by atoms with Crippen LogP contribution in [0.1, 0.15) is 5.56 Å². The lowest BCUT2D eigenvalue weighted by atomic mass is 9.96. The average Bonchev–Trinajstić information content (AvgIpc) is 3.77. The molecule has 0 spiro atoms. The Hall–Kier alpha value is -5.64. The first-order valence-electron chi connectivity index (χ1n) is 16.1. The number of anilines is 3. The van der Waals surface area contributed by atoms with E-state index in [9.17, 15) is 0 Å². The van der Waals surface area contributed by atoms with Gasteiger partial charge in [0.05, 0.1) is 12.3 Å². The van der Waals surface area contributed by atoms with Crippen LogP contribution >= 0.6 is 11.3 Å². The maximum atomic E-state index is 6.32. The Balaban J connectivity index is 1.28. The van der Waals surface area contributed by atoms with Crippen LogP contribution in [0.2, 0.25) is 0 Å². The summed E-state index contributed by atoms with van der Waals surface area (Å²) in [7, 11) is 0. The van der Waals surface area contributed by atoms with Crippen molar-refractivity contribution in [3.8, 4) is 39.1 Å². The van der Waals surface area contributed by atoms with Crippen LogP contribution in [0.15, 0.2) is 164 Å². The first kappa shape index (κ1) is 27.7. The predicted octanol–water partition coefficient (Wildman–Crippen LogP) is 12.5. The van der Waals surface area contributed by atoms with Crippen LogP contribution in [0.3, 0.4) is 0 Å². The van der Waals surface area contributed by atoms with Crippen molar-refractivity contribution in [3.05, 3.63) is 169 Å². The van der Waals surface area contributed by atoms with Crippen LogP contribution in [0.4, 0.5) is 17.1 Å². The molecule has 3 heteroatoms. The molecular formula is C44H31NOS. The molecule has 1 aliphatic rings. The van der Waals surface area contributed by atoms with E-state index in [1.54, 1.807) is 0 Å². The highest BCUT2D eigenvalue weighted by Crippen LogP contribution is 2.49. The molecule has 0 bridgehead atoms. The van der Waals surface area contributed by atoms with Crippen LogP contribution < -0.4 is 9.64 Å². The van der Waals surface area contributed by atoms with Gasteiger partial charge in [0.15, 0.2) is 0 Å². The highest BCUT2D eigenvalue weighted by molar-refractivity contribution is 7.25. The van der Waals surface area contributed by atoms with Gasteiger partial charge >= 0.3 is 0 Å². The van der Waals surface area contributed by atoms with Gasteiger partial charge in [-0.15, -0.1) is 11.3 Å². The Morgan fingerprint density at radius 3 is 1.72 bits per heavy atom. The molecule has 0 unspecified atom stereocenters. The lowest BCUT2D eigenvalue weighted by Crippen LogP contribution is -2.11. The third-order valence-corrected chi connectivity index (χ3v) is 10.3. The summed E-state index contributed by atoms with van der Waals surface area (Å²) in [5, 5.41) is 2.57. The van der Waals surface area contributed by atoms with Crippen LogP contribution in [-0.2, 0) is 6.42 Å². The van der Waals surface area contributed by atoms with Crippen LogP contribution in [0.25, 0.3) is 53.6 Å². The fourth-order valence-corrected chi connectivity index (χ4v) is 8.00.